The fourth-order valence-corrected chi connectivity index (χ4v) is 3.10. The van der Waals surface area contributed by atoms with Crippen molar-refractivity contribution in [3.63, 3.8) is 0 Å². The molecule has 2 atom stereocenters. The highest BCUT2D eigenvalue weighted by molar-refractivity contribution is 9.10. The van der Waals surface area contributed by atoms with E-state index >= 15 is 0 Å². The van der Waals surface area contributed by atoms with Gasteiger partial charge in [0.15, 0.2) is 0 Å². The van der Waals surface area contributed by atoms with Crippen molar-refractivity contribution in [1.29, 1.82) is 0 Å². The van der Waals surface area contributed by atoms with Crippen LogP contribution in [-0.2, 0) is 18.4 Å². The molecule has 1 N–H and O–H groups in total. The number of carbonyl (C=O) groups excluding carboxylic acids is 1. The molecule has 0 radical (unpaired) electrons. The van der Waals surface area contributed by atoms with Gasteiger partial charge in [-0.2, -0.15) is 13.9 Å². The van der Waals surface area contributed by atoms with Gasteiger partial charge in [-0.25, -0.2) is 0 Å². The fourth-order valence-electron chi connectivity index (χ4n) is 2.70. The zero-order valence-electron chi connectivity index (χ0n) is 12.9. The molecule has 1 heterocycles. The lowest BCUT2D eigenvalue weighted by atomic mass is 10.1. The maximum atomic E-state index is 12.4. The number of halogens is 3. The Labute approximate surface area is 146 Å². The van der Waals surface area contributed by atoms with Crippen LogP contribution in [0.1, 0.15) is 23.5 Å². The third-order valence-corrected chi connectivity index (χ3v) is 4.47. The van der Waals surface area contributed by atoms with Gasteiger partial charge >= 0.3 is 6.61 Å². The van der Waals surface area contributed by atoms with Gasteiger partial charge in [0, 0.05) is 35.7 Å². The molecule has 1 aromatic carbocycles. The molecule has 3 rings (SSSR count). The molecule has 24 heavy (non-hydrogen) atoms. The van der Waals surface area contributed by atoms with Gasteiger partial charge in [-0.1, -0.05) is 15.9 Å². The van der Waals surface area contributed by atoms with Crippen molar-refractivity contribution in [1.82, 2.24) is 15.1 Å². The molecule has 0 saturated heterocycles. The van der Waals surface area contributed by atoms with Crippen LogP contribution < -0.4 is 10.1 Å². The number of ether oxygens (including phenoxy) is 1. The van der Waals surface area contributed by atoms with Gasteiger partial charge in [-0.3, -0.25) is 9.48 Å². The lowest BCUT2D eigenvalue weighted by Crippen LogP contribution is -2.25. The number of aromatic nitrogens is 2. The van der Waals surface area contributed by atoms with E-state index in [1.807, 2.05) is 13.2 Å². The van der Waals surface area contributed by atoms with E-state index in [0.29, 0.717) is 5.56 Å². The van der Waals surface area contributed by atoms with E-state index in [0.717, 1.165) is 16.5 Å². The predicted molar refractivity (Wildman–Crippen MR) is 86.7 cm³/mol. The molecular weight excluding hydrogens is 384 g/mol. The van der Waals surface area contributed by atoms with E-state index in [4.69, 9.17) is 0 Å². The SMILES string of the molecule is Cn1cc(C2CC2C(=O)NCc2cc(Br)ccc2OC(F)F)cn1. The van der Waals surface area contributed by atoms with E-state index in [2.05, 4.69) is 31.1 Å². The molecule has 1 aliphatic rings. The number of alkyl halides is 2. The first-order valence-corrected chi connectivity index (χ1v) is 8.23. The number of hydrogen-bond acceptors (Lipinski definition) is 3. The molecule has 2 aromatic rings. The van der Waals surface area contributed by atoms with Crippen molar-refractivity contribution < 1.29 is 18.3 Å². The number of carbonyl (C=O) groups is 1. The molecule has 2 unspecified atom stereocenters. The van der Waals surface area contributed by atoms with Crippen molar-refractivity contribution in [2.75, 3.05) is 0 Å². The summed E-state index contributed by atoms with van der Waals surface area (Å²) in [7, 11) is 1.83. The monoisotopic (exact) mass is 399 g/mol. The molecule has 128 valence electrons. The molecule has 8 heteroatoms. The Morgan fingerprint density at radius 3 is 3.00 bits per heavy atom. The van der Waals surface area contributed by atoms with Gasteiger partial charge in [-0.15, -0.1) is 0 Å². The average Bonchev–Trinajstić information content (AvgIpc) is 3.21. The Kier molecular flexibility index (Phi) is 4.84. The molecule has 0 bridgehead atoms. The Morgan fingerprint density at radius 2 is 2.33 bits per heavy atom. The highest BCUT2D eigenvalue weighted by Crippen LogP contribution is 2.47. The molecule has 1 fully saturated rings. The van der Waals surface area contributed by atoms with Gasteiger partial charge in [0.2, 0.25) is 5.91 Å². The van der Waals surface area contributed by atoms with Crippen molar-refractivity contribution in [3.05, 3.63) is 46.2 Å². The van der Waals surface area contributed by atoms with Gasteiger partial charge < -0.3 is 10.1 Å². The highest BCUT2D eigenvalue weighted by atomic mass is 79.9. The molecule has 1 amide bonds. The highest BCUT2D eigenvalue weighted by Gasteiger charge is 2.44. The summed E-state index contributed by atoms with van der Waals surface area (Å²) in [4.78, 5) is 12.2. The summed E-state index contributed by atoms with van der Waals surface area (Å²) >= 11 is 3.29. The number of rotatable bonds is 6. The molecular formula is C16H16BrF2N3O2. The number of benzene rings is 1. The second-order valence-electron chi connectivity index (χ2n) is 5.74. The molecule has 0 aliphatic heterocycles. The summed E-state index contributed by atoms with van der Waals surface area (Å²) in [5, 5.41) is 6.90. The second-order valence-corrected chi connectivity index (χ2v) is 6.66. The van der Waals surface area contributed by atoms with Crippen LogP contribution in [0.2, 0.25) is 0 Å². The molecule has 5 nitrogen and oxygen atoms in total. The second kappa shape index (κ2) is 6.88. The minimum Gasteiger partial charge on any atom is -0.434 e. The van der Waals surface area contributed by atoms with Crippen molar-refractivity contribution >= 4 is 21.8 Å². The van der Waals surface area contributed by atoms with Crippen LogP contribution in [0.25, 0.3) is 0 Å². The van der Waals surface area contributed by atoms with Crippen LogP contribution in [0.4, 0.5) is 8.78 Å². The minimum absolute atomic E-state index is 0.0631. The minimum atomic E-state index is -2.90. The van der Waals surface area contributed by atoms with Crippen molar-refractivity contribution in [3.8, 4) is 5.75 Å². The Hall–Kier alpha value is -1.96. The summed E-state index contributed by atoms with van der Waals surface area (Å²) in [5.41, 5.74) is 1.54. The average molecular weight is 400 g/mol. The largest absolute Gasteiger partial charge is 0.434 e. The fraction of sp³-hybridized carbons (Fsp3) is 0.375. The smallest absolute Gasteiger partial charge is 0.387 e. The molecule has 1 aromatic heterocycles. The Morgan fingerprint density at radius 1 is 1.54 bits per heavy atom. The topological polar surface area (TPSA) is 56.2 Å². The first-order chi connectivity index (χ1) is 11.4. The molecule has 0 spiro atoms. The van der Waals surface area contributed by atoms with Crippen LogP contribution in [0.3, 0.4) is 0 Å². The standard InChI is InChI=1S/C16H16BrF2N3O2/c1-22-8-10(7-21-22)12-5-13(12)15(23)20-6-9-4-11(17)2-3-14(9)24-16(18)19/h2-4,7-8,12-13,16H,5-6H2,1H3,(H,20,23). The Balaban J connectivity index is 1.60. The van der Waals surface area contributed by atoms with Crippen LogP contribution in [0.5, 0.6) is 5.75 Å². The summed E-state index contributed by atoms with van der Waals surface area (Å²) in [6.07, 6.45) is 4.44. The summed E-state index contributed by atoms with van der Waals surface area (Å²) in [5.74, 6) is 0.0544. The molecule has 1 saturated carbocycles. The maximum Gasteiger partial charge on any atom is 0.387 e. The normalized spacial score (nSPS) is 19.4. The summed E-state index contributed by atoms with van der Waals surface area (Å²) < 4.78 is 31.8. The van der Waals surface area contributed by atoms with Gasteiger partial charge in [0.1, 0.15) is 5.75 Å². The van der Waals surface area contributed by atoms with E-state index < -0.39 is 6.61 Å². The van der Waals surface area contributed by atoms with E-state index in [9.17, 15) is 13.6 Å². The van der Waals surface area contributed by atoms with E-state index in [-0.39, 0.29) is 30.0 Å². The number of amides is 1. The lowest BCUT2D eigenvalue weighted by Gasteiger charge is -2.12. The van der Waals surface area contributed by atoms with Crippen molar-refractivity contribution in [2.45, 2.75) is 25.5 Å². The predicted octanol–water partition coefficient (Wildman–Crippen LogP) is 3.20. The van der Waals surface area contributed by atoms with Crippen molar-refractivity contribution in [2.24, 2.45) is 13.0 Å². The number of nitrogens with zero attached hydrogens (tertiary/aromatic N) is 2. The van der Waals surface area contributed by atoms with Gasteiger partial charge in [-0.05, 0) is 36.1 Å². The first-order valence-electron chi connectivity index (χ1n) is 7.43. The van der Waals surface area contributed by atoms with Crippen LogP contribution in [0.15, 0.2) is 35.1 Å². The Bertz CT molecular complexity index is 751. The van der Waals surface area contributed by atoms with Gasteiger partial charge in [0.25, 0.3) is 0 Å². The van der Waals surface area contributed by atoms with E-state index in [1.54, 1.807) is 23.0 Å². The number of hydrogen-bond donors (Lipinski definition) is 1. The number of nitrogens with one attached hydrogen (secondary N) is 1. The number of aryl methyl sites for hydroxylation is 1. The first kappa shape index (κ1) is 16.9. The lowest BCUT2D eigenvalue weighted by molar-refractivity contribution is -0.122. The zero-order chi connectivity index (χ0) is 17.3. The molecule has 1 aliphatic carbocycles. The third kappa shape index (κ3) is 3.92. The summed E-state index contributed by atoms with van der Waals surface area (Å²) in [6, 6.07) is 4.72. The van der Waals surface area contributed by atoms with Crippen LogP contribution >= 0.6 is 15.9 Å². The van der Waals surface area contributed by atoms with E-state index in [1.165, 1.54) is 6.07 Å². The van der Waals surface area contributed by atoms with Crippen LogP contribution in [0, 0.1) is 5.92 Å². The summed E-state index contributed by atoms with van der Waals surface area (Å²) in [6.45, 7) is -2.77. The van der Waals surface area contributed by atoms with Crippen LogP contribution in [-0.4, -0.2) is 22.3 Å². The zero-order valence-corrected chi connectivity index (χ0v) is 14.5. The van der Waals surface area contributed by atoms with Gasteiger partial charge in [0.05, 0.1) is 6.20 Å². The third-order valence-electron chi connectivity index (χ3n) is 3.97. The quantitative estimate of drug-likeness (QED) is 0.811. The maximum absolute atomic E-state index is 12.4.